The molecule has 1 rings (SSSR count). The first-order valence-corrected chi connectivity index (χ1v) is 13.5. The molecule has 0 radical (unpaired) electrons. The van der Waals surface area contributed by atoms with Gasteiger partial charge >= 0.3 is 0 Å². The van der Waals surface area contributed by atoms with Crippen molar-refractivity contribution in [3.05, 3.63) is 10.4 Å². The van der Waals surface area contributed by atoms with E-state index in [9.17, 15) is 0 Å². The molecule has 0 spiro atoms. The molecule has 1 heterocycles. The lowest BCUT2D eigenvalue weighted by Gasteiger charge is -2.42. The van der Waals surface area contributed by atoms with Gasteiger partial charge in [0.15, 0.2) is 0 Å². The SMILES string of the molecule is CCCC1=C(CCC)[Si](C)(C)CC[Si]1(C)C. The van der Waals surface area contributed by atoms with E-state index < -0.39 is 16.1 Å². The van der Waals surface area contributed by atoms with Crippen LogP contribution in [0.2, 0.25) is 38.3 Å². The van der Waals surface area contributed by atoms with Crippen LogP contribution in [0.1, 0.15) is 39.5 Å². The van der Waals surface area contributed by atoms with Gasteiger partial charge in [0.1, 0.15) is 0 Å². The van der Waals surface area contributed by atoms with Gasteiger partial charge in [-0.3, -0.25) is 0 Å². The second kappa shape index (κ2) is 5.22. The number of hydrogen-bond donors (Lipinski definition) is 0. The summed E-state index contributed by atoms with van der Waals surface area (Å²) < 4.78 is 0. The van der Waals surface area contributed by atoms with Crippen molar-refractivity contribution in [3.8, 4) is 0 Å². The van der Waals surface area contributed by atoms with E-state index in [-0.39, 0.29) is 0 Å². The van der Waals surface area contributed by atoms with Crippen LogP contribution in [0.5, 0.6) is 0 Å². The van der Waals surface area contributed by atoms with Gasteiger partial charge in [-0.15, -0.1) is 0 Å². The van der Waals surface area contributed by atoms with Crippen LogP contribution in [-0.2, 0) is 0 Å². The molecule has 0 bridgehead atoms. The lowest BCUT2D eigenvalue weighted by Crippen LogP contribution is -2.44. The molecule has 0 nitrogen and oxygen atoms in total. The van der Waals surface area contributed by atoms with Gasteiger partial charge < -0.3 is 0 Å². The zero-order chi connectivity index (χ0) is 12.4. The molecule has 0 amide bonds. The van der Waals surface area contributed by atoms with Crippen molar-refractivity contribution >= 4 is 16.1 Å². The van der Waals surface area contributed by atoms with E-state index in [0.717, 1.165) is 0 Å². The molecule has 16 heavy (non-hydrogen) atoms. The first kappa shape index (κ1) is 14.2. The summed E-state index contributed by atoms with van der Waals surface area (Å²) in [5.74, 6) is 0. The molecule has 1 aliphatic rings. The molecule has 1 aliphatic heterocycles. The average Bonchev–Trinajstić information content (AvgIpc) is 2.19. The molecule has 0 aromatic rings. The normalized spacial score (nSPS) is 23.6. The van der Waals surface area contributed by atoms with Gasteiger partial charge in [-0.25, -0.2) is 0 Å². The van der Waals surface area contributed by atoms with Gasteiger partial charge in [0.25, 0.3) is 0 Å². The molecule has 0 fully saturated rings. The van der Waals surface area contributed by atoms with Gasteiger partial charge in [-0.1, -0.05) is 75.4 Å². The van der Waals surface area contributed by atoms with Crippen LogP contribution in [0, 0.1) is 0 Å². The Bertz CT molecular complexity index is 246. The highest BCUT2D eigenvalue weighted by molar-refractivity contribution is 6.94. The van der Waals surface area contributed by atoms with E-state index in [1.165, 1.54) is 25.7 Å². The number of allylic oxidation sites excluding steroid dienone is 2. The number of hydrogen-bond acceptors (Lipinski definition) is 0. The van der Waals surface area contributed by atoms with Crippen molar-refractivity contribution in [2.45, 2.75) is 77.8 Å². The van der Waals surface area contributed by atoms with Crippen LogP contribution in [-0.4, -0.2) is 16.1 Å². The Morgan fingerprint density at radius 2 is 1.06 bits per heavy atom. The standard InChI is InChI=1S/C14H30Si2/c1-7-9-13-14(10-8-2)16(5,6)12-11-15(13,3)4/h7-12H2,1-6H3. The van der Waals surface area contributed by atoms with Gasteiger partial charge in [-0.05, 0) is 12.8 Å². The van der Waals surface area contributed by atoms with Gasteiger partial charge in [0, 0.05) is 0 Å². The minimum absolute atomic E-state index is 1.02. The minimum Gasteiger partial charge on any atom is -0.0853 e. The summed E-state index contributed by atoms with van der Waals surface area (Å²) in [6.45, 7) is 15.1. The van der Waals surface area contributed by atoms with E-state index >= 15 is 0 Å². The third-order valence-electron chi connectivity index (χ3n) is 4.37. The summed E-state index contributed by atoms with van der Waals surface area (Å²) in [7, 11) is -2.03. The smallest absolute Gasteiger partial charge is 0.0746 e. The molecular weight excluding hydrogens is 224 g/mol. The van der Waals surface area contributed by atoms with Crippen LogP contribution in [0.25, 0.3) is 0 Å². The minimum atomic E-state index is -1.02. The van der Waals surface area contributed by atoms with Crippen molar-refractivity contribution in [2.24, 2.45) is 0 Å². The van der Waals surface area contributed by atoms with Crippen LogP contribution in [0.15, 0.2) is 10.4 Å². The largest absolute Gasteiger partial charge is 0.0853 e. The summed E-state index contributed by atoms with van der Waals surface area (Å²) in [5, 5.41) is 3.97. The van der Waals surface area contributed by atoms with Crippen molar-refractivity contribution in [1.82, 2.24) is 0 Å². The third-order valence-corrected chi connectivity index (χ3v) is 12.5. The van der Waals surface area contributed by atoms with E-state index in [1.807, 2.05) is 10.4 Å². The maximum absolute atomic E-state index is 2.61. The summed E-state index contributed by atoms with van der Waals surface area (Å²) in [6.07, 6.45) is 5.52. The lowest BCUT2D eigenvalue weighted by atomic mass is 10.2. The maximum Gasteiger partial charge on any atom is 0.0746 e. The fourth-order valence-corrected chi connectivity index (χ4v) is 14.6. The van der Waals surface area contributed by atoms with E-state index in [1.54, 1.807) is 12.1 Å². The van der Waals surface area contributed by atoms with Crippen LogP contribution >= 0.6 is 0 Å². The molecule has 0 saturated heterocycles. The van der Waals surface area contributed by atoms with Crippen LogP contribution in [0.4, 0.5) is 0 Å². The van der Waals surface area contributed by atoms with Crippen molar-refractivity contribution in [3.63, 3.8) is 0 Å². The van der Waals surface area contributed by atoms with E-state index in [0.29, 0.717) is 0 Å². The topological polar surface area (TPSA) is 0 Å². The first-order chi connectivity index (χ1) is 7.35. The molecule has 0 saturated carbocycles. The zero-order valence-electron chi connectivity index (χ0n) is 12.2. The molecule has 0 aliphatic carbocycles. The highest BCUT2D eigenvalue weighted by Gasteiger charge is 2.39. The fraction of sp³-hybridized carbons (Fsp3) is 0.857. The summed E-state index contributed by atoms with van der Waals surface area (Å²) in [6, 6.07) is 3.13. The fourth-order valence-electron chi connectivity index (χ4n) is 3.22. The van der Waals surface area contributed by atoms with Crippen LogP contribution < -0.4 is 0 Å². The summed E-state index contributed by atoms with van der Waals surface area (Å²) >= 11 is 0. The molecule has 0 unspecified atom stereocenters. The molecule has 94 valence electrons. The van der Waals surface area contributed by atoms with Crippen molar-refractivity contribution in [1.29, 1.82) is 0 Å². The van der Waals surface area contributed by atoms with Crippen molar-refractivity contribution < 1.29 is 0 Å². The summed E-state index contributed by atoms with van der Waals surface area (Å²) in [4.78, 5) is 0. The van der Waals surface area contributed by atoms with Crippen molar-refractivity contribution in [2.75, 3.05) is 0 Å². The highest BCUT2D eigenvalue weighted by Crippen LogP contribution is 2.42. The zero-order valence-corrected chi connectivity index (χ0v) is 14.2. The predicted octanol–water partition coefficient (Wildman–Crippen LogP) is 5.39. The Kier molecular flexibility index (Phi) is 4.64. The Labute approximate surface area is 105 Å². The Morgan fingerprint density at radius 1 is 0.750 bits per heavy atom. The molecule has 0 aromatic heterocycles. The third kappa shape index (κ3) is 2.89. The molecule has 0 N–H and O–H groups in total. The molecule has 0 aromatic carbocycles. The highest BCUT2D eigenvalue weighted by atomic mass is 28.3. The first-order valence-electron chi connectivity index (χ1n) is 7.08. The van der Waals surface area contributed by atoms with Gasteiger partial charge in [0.2, 0.25) is 0 Å². The second-order valence-corrected chi connectivity index (χ2v) is 16.5. The average molecular weight is 255 g/mol. The predicted molar refractivity (Wildman–Crippen MR) is 81.4 cm³/mol. The quantitative estimate of drug-likeness (QED) is 0.590. The Balaban J connectivity index is 3.16. The van der Waals surface area contributed by atoms with E-state index in [2.05, 4.69) is 40.0 Å². The van der Waals surface area contributed by atoms with E-state index in [4.69, 9.17) is 0 Å². The molecule has 2 heteroatoms. The lowest BCUT2D eigenvalue weighted by molar-refractivity contribution is 0.873. The maximum atomic E-state index is 2.61. The molecular formula is C14H30Si2. The summed E-state index contributed by atoms with van der Waals surface area (Å²) in [5.41, 5.74) is 0. The van der Waals surface area contributed by atoms with Crippen LogP contribution in [0.3, 0.4) is 0 Å². The monoisotopic (exact) mass is 254 g/mol. The Morgan fingerprint density at radius 3 is 1.31 bits per heavy atom. The van der Waals surface area contributed by atoms with Gasteiger partial charge in [0.05, 0.1) is 16.1 Å². The number of rotatable bonds is 4. The Hall–Kier alpha value is 0.174. The van der Waals surface area contributed by atoms with Gasteiger partial charge in [-0.2, -0.15) is 0 Å². The molecule has 0 atom stereocenters. The second-order valence-electron chi connectivity index (χ2n) is 6.72.